The summed E-state index contributed by atoms with van der Waals surface area (Å²) < 4.78 is 3.13. The third-order valence-electron chi connectivity index (χ3n) is 16.5. The van der Waals surface area contributed by atoms with E-state index in [-0.39, 0.29) is 0 Å². The van der Waals surface area contributed by atoms with Crippen molar-refractivity contribution in [1.82, 2.24) is 0 Å². The topological polar surface area (TPSA) is 0 Å². The third-order valence-corrected chi connectivity index (χ3v) is 68.2. The van der Waals surface area contributed by atoms with Crippen molar-refractivity contribution in [3.05, 3.63) is 0 Å². The molecule has 0 bridgehead atoms. The summed E-state index contributed by atoms with van der Waals surface area (Å²) in [5.74, 6) is 0. The summed E-state index contributed by atoms with van der Waals surface area (Å²) in [6.07, 6.45) is 3.25. The molecule has 0 aromatic rings. The molecule has 1 spiro atoms. The van der Waals surface area contributed by atoms with Gasteiger partial charge in [-0.2, -0.15) is 0 Å². The molecule has 0 N–H and O–H groups in total. The van der Waals surface area contributed by atoms with Gasteiger partial charge < -0.3 is 0 Å². The van der Waals surface area contributed by atoms with E-state index < -0.39 is 6.51 Å². The van der Waals surface area contributed by atoms with Crippen molar-refractivity contribution in [3.63, 3.8) is 0 Å². The average Bonchev–Trinajstić information content (AvgIpc) is 3.22. The molecule has 10 fully saturated rings. The van der Waals surface area contributed by atoms with Gasteiger partial charge in [-0.15, -0.1) is 0 Å². The van der Waals surface area contributed by atoms with Crippen molar-refractivity contribution in [2.24, 2.45) is 0 Å². The number of hydrogen-bond donors (Lipinski definition) is 0. The van der Waals surface area contributed by atoms with Crippen molar-refractivity contribution < 1.29 is 6.51 Å². The second-order valence-electron chi connectivity index (χ2n) is 10.8. The van der Waals surface area contributed by atoms with Crippen LogP contribution in [0.1, 0.15) is 26.7 Å². The molecule has 0 nitrogen and oxygen atoms in total. The molecular formula is C14H17BrFe. The fourth-order valence-corrected chi connectivity index (χ4v) is 112. The first-order chi connectivity index (χ1) is 7.45. The van der Waals surface area contributed by atoms with Crippen LogP contribution in [0.15, 0.2) is 0 Å². The fourth-order valence-electron chi connectivity index (χ4n) is 19.6. The first-order valence-corrected chi connectivity index (χ1v) is 14.3. The van der Waals surface area contributed by atoms with Gasteiger partial charge in [-0.05, 0) is 0 Å². The Labute approximate surface area is 94.3 Å². The van der Waals surface area contributed by atoms with Gasteiger partial charge in [-0.1, -0.05) is 0 Å². The molecule has 10 saturated heterocycles. The van der Waals surface area contributed by atoms with Crippen LogP contribution in [0.5, 0.6) is 0 Å². The zero-order valence-corrected chi connectivity index (χ0v) is 12.4. The van der Waals surface area contributed by atoms with E-state index >= 15 is 0 Å². The van der Waals surface area contributed by atoms with Crippen LogP contribution in [-0.4, -0.2) is 3.22 Å². The normalized spacial score (nSPS) is 135. The Morgan fingerprint density at radius 1 is 0.875 bits per heavy atom. The predicted molar refractivity (Wildman–Crippen MR) is 63.9 cm³/mol. The Hall–Kier alpha value is 0.999. The summed E-state index contributed by atoms with van der Waals surface area (Å²) in [6.45, 7) is 2.21. The van der Waals surface area contributed by atoms with Gasteiger partial charge in [0.15, 0.2) is 0 Å². The average molecular weight is 321 g/mol. The molecule has 10 aliphatic heterocycles. The van der Waals surface area contributed by atoms with Gasteiger partial charge in [0, 0.05) is 0 Å². The van der Waals surface area contributed by atoms with Crippen molar-refractivity contribution in [2.45, 2.75) is 72.3 Å². The molecule has 0 saturated carbocycles. The summed E-state index contributed by atoms with van der Waals surface area (Å²) in [4.78, 5) is 10.1. The van der Waals surface area contributed by atoms with Gasteiger partial charge in [0.05, 0.1) is 0 Å². The van der Waals surface area contributed by atoms with Crippen molar-refractivity contribution >= 4 is 15.9 Å². The van der Waals surface area contributed by atoms with Gasteiger partial charge in [-0.25, -0.2) is 0 Å². The number of alkyl halides is 1. The maximum absolute atomic E-state index is 4.48. The summed E-state index contributed by atoms with van der Waals surface area (Å²) in [7, 11) is 0. The minimum absolute atomic E-state index is 0.933. The van der Waals surface area contributed by atoms with E-state index in [9.17, 15) is 0 Å². The molecule has 0 aliphatic carbocycles. The van der Waals surface area contributed by atoms with E-state index in [1.165, 1.54) is 33.7 Å². The van der Waals surface area contributed by atoms with E-state index in [0.717, 1.165) is 11.8 Å². The Kier molecular flexibility index (Phi) is 0.191. The van der Waals surface area contributed by atoms with Crippen LogP contribution in [0.25, 0.3) is 0 Å². The molecule has 10 aliphatic rings. The van der Waals surface area contributed by atoms with Crippen LogP contribution < -0.4 is 0 Å². The molecule has 0 radical (unpaired) electrons. The maximum atomic E-state index is 4.48. The van der Waals surface area contributed by atoms with E-state index in [1.807, 2.05) is 0 Å². The number of rotatable bonds is 2. The Morgan fingerprint density at radius 3 is 1.50 bits per heavy atom. The molecule has 0 aromatic carbocycles. The van der Waals surface area contributed by atoms with Gasteiger partial charge in [0.25, 0.3) is 0 Å². The Bertz CT molecular complexity index is 992. The molecule has 88 valence electrons. The second-order valence-corrected chi connectivity index (χ2v) is 35.9. The van der Waals surface area contributed by atoms with Crippen LogP contribution in [0.2, 0.25) is 42.3 Å². The van der Waals surface area contributed by atoms with Crippen LogP contribution >= 0.6 is 15.9 Å². The molecule has 8 unspecified atom stereocenters. The van der Waals surface area contributed by atoms with Crippen LogP contribution in [0, 0.1) is 0 Å². The summed E-state index contributed by atoms with van der Waals surface area (Å²) in [5, 5.41) is 0. The zero-order chi connectivity index (χ0) is 10.3. The van der Waals surface area contributed by atoms with Crippen LogP contribution in [0.3, 0.4) is 0 Å². The number of halogens is 1. The summed E-state index contributed by atoms with van der Waals surface area (Å²) >= 11 is 4.48. The first kappa shape index (κ1) is 6.44. The van der Waals surface area contributed by atoms with E-state index in [0.29, 0.717) is 0 Å². The molecule has 10 heterocycles. The standard InChI is InChI=1S/C9H13.C5H4Br.Fe/c1-3-8-6-5-7-9(8)4-2;6-5-3-1-2-4-5;/h5-7H,3-4H2,1-2H3;1-4H;. The third kappa shape index (κ3) is 0.0482. The van der Waals surface area contributed by atoms with E-state index in [4.69, 9.17) is 0 Å². The summed E-state index contributed by atoms with van der Waals surface area (Å²) in [6, 6.07) is 0. The quantitative estimate of drug-likeness (QED) is 0.482. The molecule has 2 heteroatoms. The first-order valence-electron chi connectivity index (χ1n) is 7.34. The molecule has 10 rings (SSSR count). The van der Waals surface area contributed by atoms with Crippen LogP contribution in [0.4, 0.5) is 0 Å². The Balaban J connectivity index is 1.86. The van der Waals surface area contributed by atoms with Crippen molar-refractivity contribution in [1.29, 1.82) is 0 Å². The second kappa shape index (κ2) is 0.476. The molecule has 8 atom stereocenters. The number of hydrogen-bond acceptors (Lipinski definition) is 0. The fraction of sp³-hybridized carbons (Fsp3) is 1.00. The zero-order valence-electron chi connectivity index (χ0n) is 9.69. The monoisotopic (exact) mass is 320 g/mol. The van der Waals surface area contributed by atoms with Crippen molar-refractivity contribution in [2.75, 3.05) is 0 Å². The van der Waals surface area contributed by atoms with E-state index in [1.54, 1.807) is 12.8 Å². The van der Waals surface area contributed by atoms with Gasteiger partial charge >= 0.3 is 94.7 Å². The molecule has 0 amide bonds. The predicted octanol–water partition coefficient (Wildman–Crippen LogP) is 5.24. The van der Waals surface area contributed by atoms with E-state index in [2.05, 4.69) is 29.8 Å². The van der Waals surface area contributed by atoms with Gasteiger partial charge in [-0.3, -0.25) is 0 Å². The van der Waals surface area contributed by atoms with Gasteiger partial charge in [0.2, 0.25) is 0 Å². The van der Waals surface area contributed by atoms with Crippen LogP contribution in [-0.2, 0) is 6.51 Å². The molecule has 0 aromatic heterocycles. The molecule has 16 heavy (non-hydrogen) atoms. The molecular weight excluding hydrogens is 304 g/mol. The summed E-state index contributed by atoms with van der Waals surface area (Å²) in [5.41, 5.74) is 0. The minimum atomic E-state index is -2.97. The van der Waals surface area contributed by atoms with Gasteiger partial charge in [0.1, 0.15) is 0 Å². The Morgan fingerprint density at radius 2 is 1.38 bits per heavy atom. The number of fused-ring (bicyclic) bond motifs is 10. The SMILES string of the molecule is CC[C]12[CH]3[CH]4[CH]5[C]1(CC)[Fe]43521678[CH]2[CH]1[CH]6[C]7(Br)[CH]28. The van der Waals surface area contributed by atoms with Crippen molar-refractivity contribution in [3.8, 4) is 0 Å².